The summed E-state index contributed by atoms with van der Waals surface area (Å²) in [4.78, 5) is 16.9. The van der Waals surface area contributed by atoms with E-state index in [1.54, 1.807) is 16.9 Å². The molecule has 4 aromatic rings. The van der Waals surface area contributed by atoms with E-state index in [4.69, 9.17) is 16.0 Å². The molecular formula is C18H14ClN3O2. The highest BCUT2D eigenvalue weighted by atomic mass is 35.5. The van der Waals surface area contributed by atoms with E-state index >= 15 is 0 Å². The highest BCUT2D eigenvalue weighted by molar-refractivity contribution is 6.37. The minimum atomic E-state index is -0.369. The second-order valence-corrected chi connectivity index (χ2v) is 5.77. The smallest absolute Gasteiger partial charge is 0.354 e. The van der Waals surface area contributed by atoms with Crippen molar-refractivity contribution in [1.29, 1.82) is 0 Å². The van der Waals surface area contributed by atoms with Crippen molar-refractivity contribution in [2.24, 2.45) is 0 Å². The molecule has 0 aliphatic carbocycles. The average molecular weight is 340 g/mol. The van der Waals surface area contributed by atoms with Gasteiger partial charge in [0.25, 0.3) is 0 Å². The third kappa shape index (κ3) is 2.17. The van der Waals surface area contributed by atoms with E-state index in [0.717, 1.165) is 16.5 Å². The molecule has 4 rings (SSSR count). The van der Waals surface area contributed by atoms with Gasteiger partial charge in [0.15, 0.2) is 0 Å². The lowest BCUT2D eigenvalue weighted by molar-refractivity contribution is 0.619. The third-order valence-electron chi connectivity index (χ3n) is 3.90. The van der Waals surface area contributed by atoms with Gasteiger partial charge in [-0.3, -0.25) is 4.57 Å². The van der Waals surface area contributed by atoms with Crippen LogP contribution in [0.5, 0.6) is 0 Å². The number of aromatic nitrogens is 2. The first-order valence-corrected chi connectivity index (χ1v) is 8.00. The fourth-order valence-electron chi connectivity index (χ4n) is 2.91. The van der Waals surface area contributed by atoms with Gasteiger partial charge in [-0.05, 0) is 31.2 Å². The van der Waals surface area contributed by atoms with E-state index in [9.17, 15) is 4.79 Å². The lowest BCUT2D eigenvalue weighted by Crippen LogP contribution is -2.23. The summed E-state index contributed by atoms with van der Waals surface area (Å²) in [7, 11) is 0. The predicted octanol–water partition coefficient (Wildman–Crippen LogP) is 4.22. The number of para-hydroxylation sites is 1. The van der Waals surface area contributed by atoms with Crippen molar-refractivity contribution in [3.8, 4) is 5.69 Å². The molecule has 120 valence electrons. The van der Waals surface area contributed by atoms with Gasteiger partial charge in [-0.1, -0.05) is 29.8 Å². The minimum absolute atomic E-state index is 0.369. The van der Waals surface area contributed by atoms with Gasteiger partial charge in [0.05, 0.1) is 27.9 Å². The van der Waals surface area contributed by atoms with Crippen molar-refractivity contribution in [2.75, 3.05) is 11.9 Å². The van der Waals surface area contributed by atoms with Crippen LogP contribution in [0.2, 0.25) is 5.02 Å². The molecule has 0 aliphatic rings. The minimum Gasteiger partial charge on any atom is -0.463 e. The molecule has 0 unspecified atom stereocenters. The summed E-state index contributed by atoms with van der Waals surface area (Å²) >= 11 is 6.40. The van der Waals surface area contributed by atoms with Gasteiger partial charge in [0.1, 0.15) is 11.4 Å². The molecular weight excluding hydrogens is 326 g/mol. The van der Waals surface area contributed by atoms with E-state index in [1.807, 2.05) is 43.3 Å². The van der Waals surface area contributed by atoms with Gasteiger partial charge in [-0.25, -0.2) is 4.79 Å². The van der Waals surface area contributed by atoms with Crippen molar-refractivity contribution in [3.63, 3.8) is 0 Å². The molecule has 2 aromatic heterocycles. The molecule has 6 heteroatoms. The number of nitrogens with one attached hydrogen (secondary N) is 1. The monoisotopic (exact) mass is 339 g/mol. The Morgan fingerprint density at radius 1 is 1.25 bits per heavy atom. The molecule has 1 N–H and O–H groups in total. The van der Waals surface area contributed by atoms with E-state index in [1.165, 1.54) is 0 Å². The Balaban J connectivity index is 2.22. The fraction of sp³-hybridized carbons (Fsp3) is 0.111. The molecule has 0 radical (unpaired) electrons. The number of hydrogen-bond acceptors (Lipinski definition) is 4. The molecule has 0 amide bonds. The maximum Gasteiger partial charge on any atom is 0.354 e. The Hall–Kier alpha value is -2.79. The lowest BCUT2D eigenvalue weighted by Gasteiger charge is -2.14. The number of rotatable bonds is 3. The zero-order valence-electron chi connectivity index (χ0n) is 12.9. The van der Waals surface area contributed by atoms with E-state index < -0.39 is 0 Å². The normalized spacial score (nSPS) is 11.2. The summed E-state index contributed by atoms with van der Waals surface area (Å²) in [5.74, 6) is 0.501. The van der Waals surface area contributed by atoms with Crippen LogP contribution in [0.3, 0.4) is 0 Å². The molecule has 0 spiro atoms. The van der Waals surface area contributed by atoms with Gasteiger partial charge in [-0.2, -0.15) is 4.98 Å². The van der Waals surface area contributed by atoms with Crippen LogP contribution in [-0.2, 0) is 0 Å². The van der Waals surface area contributed by atoms with Crippen LogP contribution in [-0.4, -0.2) is 16.1 Å². The Labute approximate surface area is 142 Å². The summed E-state index contributed by atoms with van der Waals surface area (Å²) in [6.07, 6.45) is 1.59. The summed E-state index contributed by atoms with van der Waals surface area (Å²) < 4.78 is 7.20. The van der Waals surface area contributed by atoms with E-state index in [2.05, 4.69) is 10.3 Å². The Morgan fingerprint density at radius 3 is 2.79 bits per heavy atom. The summed E-state index contributed by atoms with van der Waals surface area (Å²) in [5, 5.41) is 5.21. The molecule has 5 nitrogen and oxygen atoms in total. The quantitative estimate of drug-likeness (QED) is 0.607. The van der Waals surface area contributed by atoms with Crippen LogP contribution in [0.4, 0.5) is 5.82 Å². The molecule has 0 atom stereocenters. The van der Waals surface area contributed by atoms with Crippen molar-refractivity contribution in [1.82, 2.24) is 9.55 Å². The number of anilines is 1. The number of benzene rings is 2. The Bertz CT molecular complexity index is 1100. The second-order valence-electron chi connectivity index (χ2n) is 5.36. The Kier molecular flexibility index (Phi) is 3.50. The zero-order chi connectivity index (χ0) is 16.7. The first kappa shape index (κ1) is 14.8. The molecule has 0 saturated heterocycles. The number of furan rings is 1. The van der Waals surface area contributed by atoms with Crippen LogP contribution in [0.1, 0.15) is 6.92 Å². The summed E-state index contributed by atoms with van der Waals surface area (Å²) in [6.45, 7) is 2.59. The summed E-state index contributed by atoms with van der Waals surface area (Å²) in [5.41, 5.74) is 1.63. The van der Waals surface area contributed by atoms with Gasteiger partial charge < -0.3 is 9.73 Å². The van der Waals surface area contributed by atoms with Crippen molar-refractivity contribution >= 4 is 39.3 Å². The zero-order valence-corrected chi connectivity index (χ0v) is 13.7. The average Bonchev–Trinajstić information content (AvgIpc) is 3.06. The highest BCUT2D eigenvalue weighted by Crippen LogP contribution is 2.35. The molecule has 24 heavy (non-hydrogen) atoms. The highest BCUT2D eigenvalue weighted by Gasteiger charge is 2.18. The van der Waals surface area contributed by atoms with E-state index in [-0.39, 0.29) is 5.69 Å². The third-order valence-corrected chi connectivity index (χ3v) is 4.22. The van der Waals surface area contributed by atoms with Crippen LogP contribution in [0.15, 0.2) is 57.9 Å². The van der Waals surface area contributed by atoms with Gasteiger partial charge >= 0.3 is 5.69 Å². The molecule has 2 heterocycles. The topological polar surface area (TPSA) is 60.1 Å². The largest absolute Gasteiger partial charge is 0.463 e. The van der Waals surface area contributed by atoms with Gasteiger partial charge in [0.2, 0.25) is 0 Å². The number of fused-ring (bicyclic) bond motifs is 3. The van der Waals surface area contributed by atoms with Crippen LogP contribution in [0, 0.1) is 0 Å². The Morgan fingerprint density at radius 2 is 2.04 bits per heavy atom. The molecule has 0 saturated carbocycles. The van der Waals surface area contributed by atoms with Crippen molar-refractivity contribution in [2.45, 2.75) is 6.92 Å². The number of halogens is 1. The van der Waals surface area contributed by atoms with Crippen LogP contribution in [0.25, 0.3) is 27.6 Å². The van der Waals surface area contributed by atoms with Crippen LogP contribution < -0.4 is 11.0 Å². The standard InChI is InChI=1S/C18H14ClN3O2/c1-2-20-17-15-14(10-13(19)12-8-9-24-16(12)15)22(18(23)21-17)11-6-4-3-5-7-11/h3-10H,2H2,1H3,(H,20,21,23). The fourth-order valence-corrected chi connectivity index (χ4v) is 3.16. The van der Waals surface area contributed by atoms with Gasteiger partial charge in [0, 0.05) is 11.9 Å². The molecule has 0 fully saturated rings. The lowest BCUT2D eigenvalue weighted by atomic mass is 10.1. The van der Waals surface area contributed by atoms with Gasteiger partial charge in [-0.15, -0.1) is 0 Å². The first-order valence-electron chi connectivity index (χ1n) is 7.62. The van der Waals surface area contributed by atoms with Crippen molar-refractivity contribution in [3.05, 3.63) is 64.2 Å². The van der Waals surface area contributed by atoms with Crippen LogP contribution >= 0.6 is 11.6 Å². The second kappa shape index (κ2) is 5.69. The molecule has 0 aliphatic heterocycles. The maximum atomic E-state index is 12.7. The number of nitrogens with zero attached hydrogens (tertiary/aromatic N) is 2. The van der Waals surface area contributed by atoms with Crippen molar-refractivity contribution < 1.29 is 4.42 Å². The maximum absolute atomic E-state index is 12.7. The van der Waals surface area contributed by atoms with E-state index in [0.29, 0.717) is 28.5 Å². The molecule has 0 bridgehead atoms. The first-order chi connectivity index (χ1) is 11.7. The SMILES string of the molecule is CCNc1nc(=O)n(-c2ccccc2)c2cc(Cl)c3ccoc3c12. The number of hydrogen-bond donors (Lipinski definition) is 1. The summed E-state index contributed by atoms with van der Waals surface area (Å²) in [6, 6.07) is 13.0. The predicted molar refractivity (Wildman–Crippen MR) is 96.3 cm³/mol. The molecule has 2 aromatic carbocycles.